The van der Waals surface area contributed by atoms with Crippen molar-refractivity contribution in [3.05, 3.63) is 205 Å². The van der Waals surface area contributed by atoms with Gasteiger partial charge in [-0.15, -0.1) is 0 Å². The third-order valence-corrected chi connectivity index (χ3v) is 10.9. The number of aromatic nitrogens is 4. The average Bonchev–Trinajstić information content (AvgIpc) is 3.64. The van der Waals surface area contributed by atoms with Gasteiger partial charge in [0.05, 0.1) is 40.0 Å². The van der Waals surface area contributed by atoms with Crippen molar-refractivity contribution in [2.75, 3.05) is 0 Å². The third kappa shape index (κ3) is 6.75. The molecule has 0 bridgehead atoms. The van der Waals surface area contributed by atoms with Crippen molar-refractivity contribution in [3.8, 4) is 85.4 Å². The standard InChI is InChI=1S/C53H30F2N6/c54-41-25-40(26-42(55)30-41)35-21-24-48(47(27-35)53-59-51(33-11-3-1-4-12-33)58-52(60-53)34-13-5-2-6-14-34)61-49-28-36(43-17-9-7-15-38(43)31-56)19-22-45(49)46-23-20-37(29-50(46)61)44-18-10-8-16-39(44)32-57/h1-30H. The second kappa shape index (κ2) is 15.3. The highest BCUT2D eigenvalue weighted by Gasteiger charge is 2.22. The lowest BCUT2D eigenvalue weighted by molar-refractivity contribution is 0.584. The fraction of sp³-hybridized carbons (Fsp3) is 0. The lowest BCUT2D eigenvalue weighted by Crippen LogP contribution is -2.04. The van der Waals surface area contributed by atoms with Crippen molar-refractivity contribution in [1.82, 2.24) is 19.5 Å². The highest BCUT2D eigenvalue weighted by molar-refractivity contribution is 6.12. The summed E-state index contributed by atoms with van der Waals surface area (Å²) >= 11 is 0. The van der Waals surface area contributed by atoms with Crippen molar-refractivity contribution in [2.45, 2.75) is 0 Å². The van der Waals surface area contributed by atoms with E-state index in [1.807, 2.05) is 127 Å². The van der Waals surface area contributed by atoms with Crippen LogP contribution in [0, 0.1) is 34.3 Å². The first-order valence-corrected chi connectivity index (χ1v) is 19.5. The number of fused-ring (bicyclic) bond motifs is 3. The molecule has 10 aromatic rings. The van der Waals surface area contributed by atoms with Gasteiger partial charge in [-0.2, -0.15) is 10.5 Å². The van der Waals surface area contributed by atoms with E-state index in [1.54, 1.807) is 12.1 Å². The maximum absolute atomic E-state index is 14.8. The van der Waals surface area contributed by atoms with Crippen molar-refractivity contribution in [2.24, 2.45) is 0 Å². The fourth-order valence-electron chi connectivity index (χ4n) is 8.02. The lowest BCUT2D eigenvalue weighted by atomic mass is 9.98. The van der Waals surface area contributed by atoms with Crippen LogP contribution < -0.4 is 0 Å². The van der Waals surface area contributed by atoms with Gasteiger partial charge in [-0.25, -0.2) is 23.7 Å². The molecule has 0 saturated heterocycles. The molecule has 2 heterocycles. The quantitative estimate of drug-likeness (QED) is 0.160. The molecule has 6 nitrogen and oxygen atoms in total. The second-order valence-electron chi connectivity index (χ2n) is 14.5. The zero-order valence-corrected chi connectivity index (χ0v) is 32.3. The SMILES string of the molecule is N#Cc1ccccc1-c1ccc2c3ccc(-c4ccccc4C#N)cc3n(-c3ccc(-c4cc(F)cc(F)c4)cc3-c3nc(-c4ccccc4)nc(-c4ccccc4)n3)c2c1. The summed E-state index contributed by atoms with van der Waals surface area (Å²) in [5.74, 6) is -0.155. The van der Waals surface area contributed by atoms with Gasteiger partial charge >= 0.3 is 0 Å². The molecule has 10 rings (SSSR count). The Labute approximate surface area is 349 Å². The van der Waals surface area contributed by atoms with Crippen molar-refractivity contribution >= 4 is 21.8 Å². The van der Waals surface area contributed by atoms with E-state index in [9.17, 15) is 19.3 Å². The van der Waals surface area contributed by atoms with Gasteiger partial charge in [0.2, 0.25) is 0 Å². The Morgan fingerprint density at radius 1 is 0.377 bits per heavy atom. The van der Waals surface area contributed by atoms with Gasteiger partial charge in [-0.05, 0) is 81.9 Å². The Bertz CT molecular complexity index is 3230. The van der Waals surface area contributed by atoms with E-state index in [-0.39, 0.29) is 0 Å². The summed E-state index contributed by atoms with van der Waals surface area (Å²) in [5, 5.41) is 22.1. The van der Waals surface area contributed by atoms with Gasteiger partial charge in [0.25, 0.3) is 0 Å². The van der Waals surface area contributed by atoms with Crippen LogP contribution in [0.1, 0.15) is 11.1 Å². The predicted octanol–water partition coefficient (Wildman–Crippen LogP) is 13.0. The Hall–Kier alpha value is -8.59. The molecule has 286 valence electrons. The molecule has 8 aromatic carbocycles. The van der Waals surface area contributed by atoms with E-state index in [0.29, 0.717) is 51.0 Å². The molecule has 0 aliphatic heterocycles. The minimum atomic E-state index is -0.698. The van der Waals surface area contributed by atoms with Gasteiger partial charge in [0, 0.05) is 33.5 Å². The zero-order valence-electron chi connectivity index (χ0n) is 32.3. The highest BCUT2D eigenvalue weighted by atomic mass is 19.1. The number of hydrogen-bond donors (Lipinski definition) is 0. The van der Waals surface area contributed by atoms with Crippen LogP contribution in [0.4, 0.5) is 8.78 Å². The van der Waals surface area contributed by atoms with Crippen LogP contribution in [0.25, 0.3) is 95.0 Å². The molecule has 0 amide bonds. The predicted molar refractivity (Wildman–Crippen MR) is 236 cm³/mol. The number of nitriles is 2. The first kappa shape index (κ1) is 36.7. The first-order chi connectivity index (χ1) is 29.9. The molecule has 0 fully saturated rings. The molecule has 0 radical (unpaired) electrons. The maximum Gasteiger partial charge on any atom is 0.166 e. The molecule has 0 N–H and O–H groups in total. The molecule has 61 heavy (non-hydrogen) atoms. The van der Waals surface area contributed by atoms with E-state index >= 15 is 0 Å². The smallest absolute Gasteiger partial charge is 0.166 e. The van der Waals surface area contributed by atoms with Gasteiger partial charge in [-0.3, -0.25) is 0 Å². The molecule has 0 unspecified atom stereocenters. The molecule has 0 spiro atoms. The van der Waals surface area contributed by atoms with Gasteiger partial charge in [-0.1, -0.05) is 127 Å². The number of rotatable bonds is 7. The Balaban J connectivity index is 1.32. The van der Waals surface area contributed by atoms with Crippen LogP contribution in [0.15, 0.2) is 182 Å². The van der Waals surface area contributed by atoms with Crippen LogP contribution in [0.3, 0.4) is 0 Å². The van der Waals surface area contributed by atoms with Crippen molar-refractivity contribution in [3.63, 3.8) is 0 Å². The number of hydrogen-bond acceptors (Lipinski definition) is 5. The van der Waals surface area contributed by atoms with Crippen molar-refractivity contribution < 1.29 is 8.78 Å². The third-order valence-electron chi connectivity index (χ3n) is 10.9. The molecular formula is C53H30F2N6. The summed E-state index contributed by atoms with van der Waals surface area (Å²) in [6.07, 6.45) is 0. The van der Waals surface area contributed by atoms with Crippen LogP contribution >= 0.6 is 0 Å². The average molecular weight is 789 g/mol. The van der Waals surface area contributed by atoms with E-state index in [4.69, 9.17) is 15.0 Å². The summed E-state index contributed by atoms with van der Waals surface area (Å²) in [6, 6.07) is 60.4. The molecule has 8 heteroatoms. The summed E-state index contributed by atoms with van der Waals surface area (Å²) in [7, 11) is 0. The highest BCUT2D eigenvalue weighted by Crippen LogP contribution is 2.41. The van der Waals surface area contributed by atoms with Crippen LogP contribution in [0.2, 0.25) is 0 Å². The van der Waals surface area contributed by atoms with Gasteiger partial charge < -0.3 is 4.57 Å². The summed E-state index contributed by atoms with van der Waals surface area (Å²) < 4.78 is 31.8. The minimum absolute atomic E-state index is 0.341. The molecule has 2 aromatic heterocycles. The molecule has 0 aliphatic carbocycles. The molecule has 0 saturated carbocycles. The summed E-state index contributed by atoms with van der Waals surface area (Å²) in [6.45, 7) is 0. The topological polar surface area (TPSA) is 91.2 Å². The zero-order chi connectivity index (χ0) is 41.5. The molecule has 0 atom stereocenters. The van der Waals surface area contributed by atoms with E-state index < -0.39 is 11.6 Å². The van der Waals surface area contributed by atoms with Crippen LogP contribution in [-0.4, -0.2) is 19.5 Å². The monoisotopic (exact) mass is 788 g/mol. The van der Waals surface area contributed by atoms with Gasteiger partial charge in [0.1, 0.15) is 11.6 Å². The Morgan fingerprint density at radius 3 is 1.34 bits per heavy atom. The largest absolute Gasteiger partial charge is 0.308 e. The summed E-state index contributed by atoms with van der Waals surface area (Å²) in [5.41, 5.74) is 9.72. The Kier molecular flexibility index (Phi) is 9.21. The first-order valence-electron chi connectivity index (χ1n) is 19.5. The fourth-order valence-corrected chi connectivity index (χ4v) is 8.02. The van der Waals surface area contributed by atoms with Gasteiger partial charge in [0.15, 0.2) is 17.5 Å². The summed E-state index contributed by atoms with van der Waals surface area (Å²) in [4.78, 5) is 15.2. The number of benzene rings is 8. The van der Waals surface area contributed by atoms with Crippen LogP contribution in [-0.2, 0) is 0 Å². The number of halogens is 2. The van der Waals surface area contributed by atoms with E-state index in [1.165, 1.54) is 12.1 Å². The Morgan fingerprint density at radius 2 is 0.836 bits per heavy atom. The molecule has 0 aliphatic rings. The van der Waals surface area contributed by atoms with E-state index in [0.717, 1.165) is 61.3 Å². The minimum Gasteiger partial charge on any atom is -0.308 e. The maximum atomic E-state index is 14.8. The number of nitrogens with zero attached hydrogens (tertiary/aromatic N) is 6. The second-order valence-corrected chi connectivity index (χ2v) is 14.5. The van der Waals surface area contributed by atoms with Crippen molar-refractivity contribution in [1.29, 1.82) is 10.5 Å². The lowest BCUT2D eigenvalue weighted by Gasteiger charge is -2.17. The normalized spacial score (nSPS) is 11.1. The van der Waals surface area contributed by atoms with Crippen LogP contribution in [0.5, 0.6) is 0 Å². The molecular weight excluding hydrogens is 759 g/mol. The van der Waals surface area contributed by atoms with E-state index in [2.05, 4.69) is 41.0 Å².